The minimum atomic E-state index is -0.183. The fourth-order valence-corrected chi connectivity index (χ4v) is 3.17. The van der Waals surface area contributed by atoms with Crippen LogP contribution in [0.25, 0.3) is 0 Å². The molecule has 1 unspecified atom stereocenters. The number of ether oxygens (including phenoxy) is 1. The van der Waals surface area contributed by atoms with Gasteiger partial charge in [0.2, 0.25) is 0 Å². The lowest BCUT2D eigenvalue weighted by molar-refractivity contribution is 0.164. The molecule has 0 saturated carbocycles. The molecular weight excluding hydrogens is 296 g/mol. The molecule has 1 atom stereocenters. The van der Waals surface area contributed by atoms with Gasteiger partial charge >= 0.3 is 0 Å². The number of hydrogen-bond donors (Lipinski definition) is 0. The van der Waals surface area contributed by atoms with E-state index in [1.165, 1.54) is 12.8 Å². The van der Waals surface area contributed by atoms with Gasteiger partial charge in [-0.15, -0.1) is 0 Å². The van der Waals surface area contributed by atoms with Crippen LogP contribution in [0, 0.1) is 17.2 Å². The number of piperidine rings is 1. The lowest BCUT2D eigenvalue weighted by atomic mass is 9.96. The first-order valence-corrected chi connectivity index (χ1v) is 8.66. The normalized spacial score (nSPS) is 17.2. The summed E-state index contributed by atoms with van der Waals surface area (Å²) >= 11 is 0. The topological polar surface area (TPSA) is 36.3 Å². The quantitative estimate of drug-likeness (QED) is 0.810. The number of likely N-dealkylation sites (tertiary alicyclic amines) is 1. The summed E-state index contributed by atoms with van der Waals surface area (Å²) < 4.78 is 5.90. The van der Waals surface area contributed by atoms with Gasteiger partial charge in [-0.2, -0.15) is 5.26 Å². The SMILES string of the molecule is CC1CCN(C(C#N)c2cccc(OCc3ccccc3)c2)CC1. The molecule has 124 valence electrons. The molecule has 1 fully saturated rings. The second-order valence-electron chi connectivity index (χ2n) is 6.60. The smallest absolute Gasteiger partial charge is 0.123 e. The minimum absolute atomic E-state index is 0.183. The fourth-order valence-electron chi connectivity index (χ4n) is 3.17. The van der Waals surface area contributed by atoms with E-state index in [4.69, 9.17) is 4.74 Å². The summed E-state index contributed by atoms with van der Waals surface area (Å²) in [6.45, 7) is 4.82. The first-order valence-electron chi connectivity index (χ1n) is 8.66. The maximum atomic E-state index is 9.66. The van der Waals surface area contributed by atoms with Crippen molar-refractivity contribution in [3.8, 4) is 11.8 Å². The average Bonchev–Trinajstić information content (AvgIpc) is 2.63. The molecule has 24 heavy (non-hydrogen) atoms. The van der Waals surface area contributed by atoms with Crippen LogP contribution in [0.1, 0.15) is 36.9 Å². The van der Waals surface area contributed by atoms with Crippen molar-refractivity contribution in [3.05, 3.63) is 65.7 Å². The zero-order valence-corrected chi connectivity index (χ0v) is 14.2. The van der Waals surface area contributed by atoms with E-state index in [1.54, 1.807) is 0 Å². The van der Waals surface area contributed by atoms with E-state index in [1.807, 2.05) is 42.5 Å². The van der Waals surface area contributed by atoms with E-state index in [0.29, 0.717) is 6.61 Å². The standard InChI is InChI=1S/C21H24N2O/c1-17-10-12-23(13-11-17)21(15-22)19-8-5-9-20(14-19)24-16-18-6-3-2-4-7-18/h2-9,14,17,21H,10-13,16H2,1H3. The molecule has 1 aliphatic rings. The molecule has 0 radical (unpaired) electrons. The van der Waals surface area contributed by atoms with Crippen LogP contribution in [0.4, 0.5) is 0 Å². The largest absolute Gasteiger partial charge is 0.489 e. The van der Waals surface area contributed by atoms with Gasteiger partial charge in [-0.3, -0.25) is 4.90 Å². The summed E-state index contributed by atoms with van der Waals surface area (Å²) in [5.41, 5.74) is 2.17. The zero-order valence-electron chi connectivity index (χ0n) is 14.2. The number of benzene rings is 2. The summed E-state index contributed by atoms with van der Waals surface area (Å²) in [6, 6.07) is 20.4. The van der Waals surface area contributed by atoms with Crippen LogP contribution in [0.2, 0.25) is 0 Å². The Labute approximate surface area is 144 Å². The van der Waals surface area contributed by atoms with Crippen molar-refractivity contribution < 1.29 is 4.74 Å². The molecule has 0 bridgehead atoms. The molecule has 2 aromatic carbocycles. The Morgan fingerprint density at radius 1 is 1.12 bits per heavy atom. The Kier molecular flexibility index (Phi) is 5.51. The maximum absolute atomic E-state index is 9.66. The van der Waals surface area contributed by atoms with Crippen LogP contribution in [-0.4, -0.2) is 18.0 Å². The second-order valence-corrected chi connectivity index (χ2v) is 6.60. The molecule has 3 nitrogen and oxygen atoms in total. The van der Waals surface area contributed by atoms with Gasteiger partial charge in [0.25, 0.3) is 0 Å². The Morgan fingerprint density at radius 3 is 2.58 bits per heavy atom. The highest BCUT2D eigenvalue weighted by molar-refractivity contribution is 5.33. The molecule has 0 N–H and O–H groups in total. The molecule has 0 amide bonds. The Hall–Kier alpha value is -2.31. The molecule has 0 aliphatic carbocycles. The van der Waals surface area contributed by atoms with E-state index < -0.39 is 0 Å². The average molecular weight is 320 g/mol. The Morgan fingerprint density at radius 2 is 1.88 bits per heavy atom. The number of hydrogen-bond acceptors (Lipinski definition) is 3. The third kappa shape index (κ3) is 4.15. The Balaban J connectivity index is 1.68. The summed E-state index contributed by atoms with van der Waals surface area (Å²) in [6.07, 6.45) is 2.34. The predicted molar refractivity (Wildman–Crippen MR) is 95.5 cm³/mol. The van der Waals surface area contributed by atoms with E-state index in [9.17, 15) is 5.26 Å². The summed E-state index contributed by atoms with van der Waals surface area (Å²) in [4.78, 5) is 2.29. The van der Waals surface area contributed by atoms with E-state index in [-0.39, 0.29) is 6.04 Å². The van der Waals surface area contributed by atoms with Crippen LogP contribution in [0.5, 0.6) is 5.75 Å². The minimum Gasteiger partial charge on any atom is -0.489 e. The number of nitriles is 1. The number of nitrogens with zero attached hydrogens (tertiary/aromatic N) is 2. The van der Waals surface area contributed by atoms with Crippen LogP contribution >= 0.6 is 0 Å². The molecule has 1 heterocycles. The summed E-state index contributed by atoms with van der Waals surface area (Å²) in [5.74, 6) is 1.59. The fraction of sp³-hybridized carbons (Fsp3) is 0.381. The lowest BCUT2D eigenvalue weighted by Crippen LogP contribution is -2.35. The van der Waals surface area contributed by atoms with Gasteiger partial charge < -0.3 is 4.74 Å². The highest BCUT2D eigenvalue weighted by atomic mass is 16.5. The van der Waals surface area contributed by atoms with Gasteiger partial charge in [0, 0.05) is 0 Å². The van der Waals surface area contributed by atoms with Crippen molar-refractivity contribution in [1.29, 1.82) is 5.26 Å². The number of rotatable bonds is 5. The summed E-state index contributed by atoms with van der Waals surface area (Å²) in [5, 5.41) is 9.66. The van der Waals surface area contributed by atoms with Crippen LogP contribution < -0.4 is 4.74 Å². The van der Waals surface area contributed by atoms with Crippen LogP contribution in [-0.2, 0) is 6.61 Å². The van der Waals surface area contributed by atoms with Crippen molar-refractivity contribution in [3.63, 3.8) is 0 Å². The summed E-state index contributed by atoms with van der Waals surface area (Å²) in [7, 11) is 0. The molecule has 1 aliphatic heterocycles. The van der Waals surface area contributed by atoms with Gasteiger partial charge in [0.05, 0.1) is 6.07 Å². The predicted octanol–water partition coefficient (Wildman–Crippen LogP) is 4.56. The first kappa shape index (κ1) is 16.5. The van der Waals surface area contributed by atoms with Crippen molar-refractivity contribution in [2.45, 2.75) is 32.4 Å². The molecule has 3 rings (SSSR count). The van der Waals surface area contributed by atoms with Crippen molar-refractivity contribution in [1.82, 2.24) is 4.90 Å². The van der Waals surface area contributed by atoms with Gasteiger partial charge in [-0.25, -0.2) is 0 Å². The molecular formula is C21H24N2O. The van der Waals surface area contributed by atoms with Gasteiger partial charge in [0.1, 0.15) is 18.4 Å². The van der Waals surface area contributed by atoms with Crippen LogP contribution in [0.3, 0.4) is 0 Å². The highest BCUT2D eigenvalue weighted by Crippen LogP contribution is 2.28. The molecule has 0 spiro atoms. The molecule has 0 aromatic heterocycles. The third-order valence-electron chi connectivity index (χ3n) is 4.73. The van der Waals surface area contributed by atoms with Crippen LogP contribution in [0.15, 0.2) is 54.6 Å². The maximum Gasteiger partial charge on any atom is 0.123 e. The Bertz CT molecular complexity index is 684. The first-order chi connectivity index (χ1) is 11.8. The van der Waals surface area contributed by atoms with Crippen molar-refractivity contribution >= 4 is 0 Å². The van der Waals surface area contributed by atoms with Gasteiger partial charge in [0.15, 0.2) is 0 Å². The third-order valence-corrected chi connectivity index (χ3v) is 4.73. The molecule has 3 heteroatoms. The molecule has 1 saturated heterocycles. The second kappa shape index (κ2) is 7.99. The van der Waals surface area contributed by atoms with Gasteiger partial charge in [-0.1, -0.05) is 49.4 Å². The monoisotopic (exact) mass is 320 g/mol. The van der Waals surface area contributed by atoms with Gasteiger partial charge in [-0.05, 0) is 55.1 Å². The zero-order chi connectivity index (χ0) is 16.8. The van der Waals surface area contributed by atoms with E-state index in [2.05, 4.69) is 30.0 Å². The lowest BCUT2D eigenvalue weighted by Gasteiger charge is -2.33. The van der Waals surface area contributed by atoms with Crippen molar-refractivity contribution in [2.24, 2.45) is 5.92 Å². The van der Waals surface area contributed by atoms with E-state index in [0.717, 1.165) is 35.9 Å². The molecule has 2 aromatic rings. The highest BCUT2D eigenvalue weighted by Gasteiger charge is 2.24. The van der Waals surface area contributed by atoms with E-state index >= 15 is 0 Å². The van der Waals surface area contributed by atoms with Crippen molar-refractivity contribution in [2.75, 3.05) is 13.1 Å².